The number of imidazole rings is 1. The average molecular weight is 460 g/mol. The number of nitrogens with zero attached hydrogens (tertiary/aromatic N) is 4. The molecule has 12 heteroatoms. The molecule has 32 heavy (non-hydrogen) atoms. The van der Waals surface area contributed by atoms with Gasteiger partial charge in [-0.15, -0.1) is 0 Å². The second-order valence-corrected chi connectivity index (χ2v) is 7.94. The molecule has 4 aromatic rings. The molecule has 0 aliphatic heterocycles. The van der Waals surface area contributed by atoms with Crippen LogP contribution >= 0.6 is 11.6 Å². The van der Waals surface area contributed by atoms with Gasteiger partial charge in [-0.3, -0.25) is 19.7 Å². The number of aromatic nitrogens is 5. The van der Waals surface area contributed by atoms with Gasteiger partial charge in [0.05, 0.1) is 40.7 Å². The van der Waals surface area contributed by atoms with E-state index in [4.69, 9.17) is 11.6 Å². The zero-order chi connectivity index (χ0) is 22.6. The van der Waals surface area contributed by atoms with Crippen LogP contribution in [0.2, 0.25) is 5.02 Å². The first-order valence-electron chi connectivity index (χ1n) is 9.71. The number of hydrogen-bond acceptors (Lipinski definition) is 5. The van der Waals surface area contributed by atoms with Crippen LogP contribution in [0.1, 0.15) is 18.9 Å². The second kappa shape index (κ2) is 7.52. The third-order valence-corrected chi connectivity index (χ3v) is 5.65. The molecule has 2 atom stereocenters. The Morgan fingerprint density at radius 1 is 1.34 bits per heavy atom. The summed E-state index contributed by atoms with van der Waals surface area (Å²) in [6.45, 7) is 1.27. The SMILES string of the molecule is CC(=O)NCc1c(F)c(Cl)c(-c2cn3cc(NC(=O)[C@@H]4C[C@@H]4F)nc3cn2)c2cn[nH]c12. The number of carbonyl (C=O) groups is 2. The third-order valence-electron chi connectivity index (χ3n) is 5.30. The molecule has 0 radical (unpaired) electrons. The topological polar surface area (TPSA) is 117 Å². The van der Waals surface area contributed by atoms with Crippen molar-refractivity contribution < 1.29 is 18.4 Å². The van der Waals surface area contributed by atoms with Crippen molar-refractivity contribution in [1.29, 1.82) is 0 Å². The molecule has 1 aromatic carbocycles. The minimum Gasteiger partial charge on any atom is -0.352 e. The number of amides is 2. The number of benzene rings is 1. The maximum Gasteiger partial charge on any atom is 0.231 e. The molecule has 5 rings (SSSR count). The molecule has 0 unspecified atom stereocenters. The van der Waals surface area contributed by atoms with Gasteiger partial charge >= 0.3 is 0 Å². The van der Waals surface area contributed by atoms with Crippen LogP contribution in [-0.2, 0) is 16.1 Å². The molecule has 1 aliphatic carbocycles. The number of nitrogens with one attached hydrogen (secondary N) is 3. The van der Waals surface area contributed by atoms with E-state index in [1.807, 2.05) is 0 Å². The fourth-order valence-corrected chi connectivity index (χ4v) is 3.86. The van der Waals surface area contributed by atoms with Crippen molar-refractivity contribution in [2.24, 2.45) is 5.92 Å². The Morgan fingerprint density at radius 2 is 2.12 bits per heavy atom. The van der Waals surface area contributed by atoms with Crippen molar-refractivity contribution in [2.45, 2.75) is 26.1 Å². The lowest BCUT2D eigenvalue weighted by molar-refractivity contribution is -0.119. The lowest BCUT2D eigenvalue weighted by atomic mass is 10.0. The fraction of sp³-hybridized carbons (Fsp3) is 0.250. The van der Waals surface area contributed by atoms with Gasteiger partial charge in [0, 0.05) is 36.2 Å². The van der Waals surface area contributed by atoms with Gasteiger partial charge in [-0.2, -0.15) is 5.10 Å². The first-order valence-corrected chi connectivity index (χ1v) is 10.1. The Hall–Kier alpha value is -3.60. The average Bonchev–Trinajstić information content (AvgIpc) is 3.11. The van der Waals surface area contributed by atoms with Crippen LogP contribution < -0.4 is 10.6 Å². The molecular weight excluding hydrogens is 444 g/mol. The fourth-order valence-electron chi connectivity index (χ4n) is 3.55. The van der Waals surface area contributed by atoms with Crippen LogP contribution in [0.25, 0.3) is 27.8 Å². The Kier molecular flexibility index (Phi) is 4.77. The smallest absolute Gasteiger partial charge is 0.231 e. The summed E-state index contributed by atoms with van der Waals surface area (Å²) >= 11 is 6.38. The quantitative estimate of drug-likeness (QED) is 0.424. The van der Waals surface area contributed by atoms with Crippen LogP contribution in [0.4, 0.5) is 14.6 Å². The summed E-state index contributed by atoms with van der Waals surface area (Å²) in [5, 5.41) is 12.3. The van der Waals surface area contributed by atoms with E-state index >= 15 is 4.39 Å². The summed E-state index contributed by atoms with van der Waals surface area (Å²) in [5.41, 5.74) is 1.67. The lowest BCUT2D eigenvalue weighted by Gasteiger charge is -2.12. The van der Waals surface area contributed by atoms with Crippen LogP contribution in [0, 0.1) is 11.7 Å². The highest BCUT2D eigenvalue weighted by Gasteiger charge is 2.43. The number of aromatic amines is 1. The summed E-state index contributed by atoms with van der Waals surface area (Å²) < 4.78 is 29.8. The molecule has 1 saturated carbocycles. The van der Waals surface area contributed by atoms with E-state index in [1.165, 1.54) is 19.3 Å². The standard InChI is InChI=1S/C20H16ClF2N7O2/c1-8(31)24-3-11-18(23)17(21)16(10-4-26-29-19(10)11)13-6-30-7-14(27-15(30)5-25-13)28-20(32)9-2-12(9)22/h4-7,9,12H,2-3H2,1H3,(H,24,31)(H,26,29)(H,28,32)/t9-,12+/m1/s1. The number of hydrogen-bond donors (Lipinski definition) is 3. The summed E-state index contributed by atoms with van der Waals surface area (Å²) in [6, 6.07) is 0. The molecule has 3 N–H and O–H groups in total. The third kappa shape index (κ3) is 3.44. The van der Waals surface area contributed by atoms with Crippen LogP contribution in [-0.4, -0.2) is 42.6 Å². The van der Waals surface area contributed by atoms with Crippen molar-refractivity contribution in [3.63, 3.8) is 0 Å². The summed E-state index contributed by atoms with van der Waals surface area (Å²) in [7, 11) is 0. The monoisotopic (exact) mass is 459 g/mol. The van der Waals surface area contributed by atoms with Gasteiger partial charge in [-0.25, -0.2) is 13.8 Å². The Bertz CT molecular complexity index is 1400. The first kappa shape index (κ1) is 20.3. The molecule has 3 aromatic heterocycles. The van der Waals surface area contributed by atoms with Gasteiger partial charge in [0.2, 0.25) is 11.8 Å². The molecule has 0 bridgehead atoms. The Morgan fingerprint density at radius 3 is 2.84 bits per heavy atom. The van der Waals surface area contributed by atoms with Gasteiger partial charge in [0.1, 0.15) is 12.0 Å². The number of anilines is 1. The first-order chi connectivity index (χ1) is 15.3. The number of halogens is 3. The van der Waals surface area contributed by atoms with E-state index in [-0.39, 0.29) is 35.3 Å². The molecule has 1 aliphatic rings. The van der Waals surface area contributed by atoms with Gasteiger partial charge in [-0.05, 0) is 6.42 Å². The number of alkyl halides is 1. The predicted molar refractivity (Wildman–Crippen MR) is 112 cm³/mol. The van der Waals surface area contributed by atoms with Crippen LogP contribution in [0.3, 0.4) is 0 Å². The molecule has 9 nitrogen and oxygen atoms in total. The van der Waals surface area contributed by atoms with Crippen LogP contribution in [0.5, 0.6) is 0 Å². The largest absolute Gasteiger partial charge is 0.352 e. The van der Waals surface area contributed by atoms with Gasteiger partial charge in [-0.1, -0.05) is 11.6 Å². The minimum absolute atomic E-state index is 0.0579. The van der Waals surface area contributed by atoms with Crippen molar-refractivity contribution in [3.05, 3.63) is 41.2 Å². The van der Waals surface area contributed by atoms with Crippen LogP contribution in [0.15, 0.2) is 24.8 Å². The normalized spacial score (nSPS) is 17.6. The molecule has 1 fully saturated rings. The van der Waals surface area contributed by atoms with E-state index < -0.39 is 23.8 Å². The van der Waals surface area contributed by atoms with Crippen molar-refractivity contribution in [3.8, 4) is 11.3 Å². The second-order valence-electron chi connectivity index (χ2n) is 7.56. The van der Waals surface area contributed by atoms with Crippen molar-refractivity contribution >= 4 is 45.8 Å². The van der Waals surface area contributed by atoms with E-state index in [0.717, 1.165) is 0 Å². The number of carbonyl (C=O) groups excluding carboxylic acids is 2. The zero-order valence-corrected chi connectivity index (χ0v) is 17.4. The summed E-state index contributed by atoms with van der Waals surface area (Å²) in [4.78, 5) is 31.8. The maximum absolute atomic E-state index is 15.1. The predicted octanol–water partition coefficient (Wildman–Crippen LogP) is 3.00. The van der Waals surface area contributed by atoms with Crippen molar-refractivity contribution in [1.82, 2.24) is 29.9 Å². The minimum atomic E-state index is -1.11. The van der Waals surface area contributed by atoms with Gasteiger partial charge < -0.3 is 15.0 Å². The zero-order valence-electron chi connectivity index (χ0n) is 16.6. The highest BCUT2D eigenvalue weighted by atomic mass is 35.5. The summed E-state index contributed by atoms with van der Waals surface area (Å²) in [5.74, 6) is -1.81. The number of fused-ring (bicyclic) bond motifs is 2. The molecule has 0 saturated heterocycles. The molecule has 3 heterocycles. The van der Waals surface area contributed by atoms with E-state index in [9.17, 15) is 14.0 Å². The molecular formula is C20H16ClF2N7O2. The molecule has 164 valence electrons. The van der Waals surface area contributed by atoms with Crippen molar-refractivity contribution in [2.75, 3.05) is 5.32 Å². The molecule has 0 spiro atoms. The van der Waals surface area contributed by atoms with E-state index in [2.05, 4.69) is 30.8 Å². The highest BCUT2D eigenvalue weighted by molar-refractivity contribution is 6.35. The number of rotatable bonds is 5. The maximum atomic E-state index is 15.1. The number of H-pyrrole nitrogens is 1. The van der Waals surface area contributed by atoms with E-state index in [1.54, 1.807) is 16.8 Å². The summed E-state index contributed by atoms with van der Waals surface area (Å²) in [6.07, 6.45) is 5.20. The van der Waals surface area contributed by atoms with Gasteiger partial charge in [0.25, 0.3) is 0 Å². The Balaban J connectivity index is 1.54. The molecule has 2 amide bonds. The van der Waals surface area contributed by atoms with Gasteiger partial charge in [0.15, 0.2) is 11.5 Å². The van der Waals surface area contributed by atoms with E-state index in [0.29, 0.717) is 27.8 Å². The Labute approximate surface area is 184 Å². The lowest BCUT2D eigenvalue weighted by Crippen LogP contribution is -2.20. The highest BCUT2D eigenvalue weighted by Crippen LogP contribution is 2.38.